The highest BCUT2D eigenvalue weighted by atomic mass is 35.5. The monoisotopic (exact) mass is 454 g/mol. The van der Waals surface area contributed by atoms with E-state index in [1.165, 1.54) is 24.1 Å². The van der Waals surface area contributed by atoms with Crippen molar-refractivity contribution < 1.29 is 4.79 Å². The maximum atomic E-state index is 13.0. The van der Waals surface area contributed by atoms with Gasteiger partial charge in [-0.25, -0.2) is 0 Å². The number of hydrogen-bond acceptors (Lipinski definition) is 4. The van der Waals surface area contributed by atoms with Crippen LogP contribution in [0.4, 0.5) is 5.69 Å². The summed E-state index contributed by atoms with van der Waals surface area (Å²) in [5.74, 6) is 1.73. The Morgan fingerprint density at radius 3 is 2.94 bits per heavy atom. The number of halogens is 1. The van der Waals surface area contributed by atoms with Gasteiger partial charge in [-0.2, -0.15) is 0 Å². The molecule has 0 saturated carbocycles. The van der Waals surface area contributed by atoms with Crippen molar-refractivity contribution in [2.24, 2.45) is 11.8 Å². The molecule has 3 aliphatic heterocycles. The molecule has 2 unspecified atom stereocenters. The first-order chi connectivity index (χ1) is 15.3. The van der Waals surface area contributed by atoms with Gasteiger partial charge in [-0.15, -0.1) is 12.4 Å². The molecule has 3 aliphatic rings. The van der Waals surface area contributed by atoms with Gasteiger partial charge in [0.1, 0.15) is 0 Å². The average Bonchev–Trinajstić information content (AvgIpc) is 2.81. The van der Waals surface area contributed by atoms with E-state index in [0.717, 1.165) is 63.5 Å². The van der Waals surface area contributed by atoms with Crippen LogP contribution in [0.2, 0.25) is 0 Å². The molecule has 0 aliphatic carbocycles. The number of nitrogens with zero attached hydrogens (tertiary/aromatic N) is 3. The van der Waals surface area contributed by atoms with Crippen LogP contribution in [0.25, 0.3) is 0 Å². The molecule has 5 rings (SSSR count). The van der Waals surface area contributed by atoms with Crippen LogP contribution in [-0.4, -0.2) is 48.0 Å². The number of carbonyl (C=O) groups excluding carboxylic acids is 1. The van der Waals surface area contributed by atoms with Gasteiger partial charge in [0.2, 0.25) is 5.91 Å². The SMILES string of the molecule is Cl.O=C(CCC[C@H]1NCC2CC1CN(Cc1cccnc1)C2)N1CCCc2ccccc21. The normalized spacial score (nSPS) is 25.0. The molecule has 5 nitrogen and oxygen atoms in total. The van der Waals surface area contributed by atoms with Crippen LogP contribution in [0.5, 0.6) is 0 Å². The Balaban J connectivity index is 0.00000245. The average molecular weight is 455 g/mol. The smallest absolute Gasteiger partial charge is 0.226 e. The second kappa shape index (κ2) is 10.8. The van der Waals surface area contributed by atoms with Gasteiger partial charge in [-0.05, 0) is 73.7 Å². The number of aryl methyl sites for hydroxylation is 1. The summed E-state index contributed by atoms with van der Waals surface area (Å²) in [4.78, 5) is 21.9. The molecule has 3 atom stereocenters. The van der Waals surface area contributed by atoms with Gasteiger partial charge in [0.25, 0.3) is 0 Å². The molecule has 2 saturated heterocycles. The van der Waals surface area contributed by atoms with E-state index in [-0.39, 0.29) is 12.4 Å². The third kappa shape index (κ3) is 5.33. The number of benzene rings is 1. The van der Waals surface area contributed by atoms with Crippen molar-refractivity contribution in [1.82, 2.24) is 15.2 Å². The minimum absolute atomic E-state index is 0. The zero-order chi connectivity index (χ0) is 21.0. The number of amides is 1. The van der Waals surface area contributed by atoms with Crippen molar-refractivity contribution >= 4 is 24.0 Å². The van der Waals surface area contributed by atoms with Gasteiger partial charge in [0.05, 0.1) is 0 Å². The molecule has 2 fully saturated rings. The van der Waals surface area contributed by atoms with Gasteiger partial charge in [0.15, 0.2) is 0 Å². The molecule has 0 radical (unpaired) electrons. The van der Waals surface area contributed by atoms with Crippen molar-refractivity contribution in [3.05, 3.63) is 59.9 Å². The molecule has 172 valence electrons. The van der Waals surface area contributed by atoms with Crippen LogP contribution < -0.4 is 10.2 Å². The third-order valence-electron chi connectivity index (χ3n) is 7.33. The van der Waals surface area contributed by atoms with E-state index in [2.05, 4.69) is 39.5 Å². The zero-order valence-electron chi connectivity index (χ0n) is 18.8. The fourth-order valence-corrected chi connectivity index (χ4v) is 5.89. The highest BCUT2D eigenvalue weighted by molar-refractivity contribution is 5.94. The highest BCUT2D eigenvalue weighted by Gasteiger charge is 2.36. The Morgan fingerprint density at radius 2 is 2.06 bits per heavy atom. The van der Waals surface area contributed by atoms with Crippen molar-refractivity contribution in [3.8, 4) is 0 Å². The van der Waals surface area contributed by atoms with Crippen molar-refractivity contribution in [3.63, 3.8) is 0 Å². The predicted molar refractivity (Wildman–Crippen MR) is 131 cm³/mol. The maximum absolute atomic E-state index is 13.0. The first-order valence-electron chi connectivity index (χ1n) is 12.0. The standard InChI is InChI=1S/C26H34N4O.ClH/c31-26(30-13-5-8-22-7-1-2-10-25(22)30)11-3-9-24-23-14-21(16-28-24)18-29(19-23)17-20-6-4-12-27-15-20;/h1-2,4,6-7,10,12,15,21,23-24,28H,3,5,8-9,11,13-14,16-19H2;1H/t21?,23?,24-;/m1./s1. The summed E-state index contributed by atoms with van der Waals surface area (Å²) >= 11 is 0. The van der Waals surface area contributed by atoms with Gasteiger partial charge in [0, 0.05) is 56.7 Å². The van der Waals surface area contributed by atoms with Crippen LogP contribution in [0, 0.1) is 11.8 Å². The van der Waals surface area contributed by atoms with Gasteiger partial charge in [-0.1, -0.05) is 24.3 Å². The van der Waals surface area contributed by atoms with Crippen LogP contribution in [0.3, 0.4) is 0 Å². The number of para-hydroxylation sites is 1. The summed E-state index contributed by atoms with van der Waals surface area (Å²) in [6.45, 7) is 5.30. The molecule has 0 spiro atoms. The van der Waals surface area contributed by atoms with Crippen molar-refractivity contribution in [2.75, 3.05) is 31.1 Å². The molecule has 6 heteroatoms. The topological polar surface area (TPSA) is 48.5 Å². The molecule has 2 bridgehead atoms. The molecule has 1 aromatic carbocycles. The maximum Gasteiger partial charge on any atom is 0.226 e. The van der Waals surface area contributed by atoms with Crippen LogP contribution in [0.1, 0.15) is 43.2 Å². The Morgan fingerprint density at radius 1 is 1.16 bits per heavy atom. The minimum atomic E-state index is 0. The summed E-state index contributed by atoms with van der Waals surface area (Å²) in [5, 5.41) is 3.81. The van der Waals surface area contributed by atoms with Crippen LogP contribution in [-0.2, 0) is 17.8 Å². The van der Waals surface area contributed by atoms with Crippen molar-refractivity contribution in [2.45, 2.75) is 51.1 Å². The van der Waals surface area contributed by atoms with E-state index in [9.17, 15) is 4.79 Å². The van der Waals surface area contributed by atoms with E-state index < -0.39 is 0 Å². The van der Waals surface area contributed by atoms with Crippen LogP contribution >= 0.6 is 12.4 Å². The van der Waals surface area contributed by atoms with E-state index in [0.29, 0.717) is 24.3 Å². The first kappa shape index (κ1) is 23.2. The molecule has 1 aromatic heterocycles. The summed E-state index contributed by atoms with van der Waals surface area (Å²) < 4.78 is 0. The number of anilines is 1. The summed E-state index contributed by atoms with van der Waals surface area (Å²) in [7, 11) is 0. The predicted octanol–water partition coefficient (Wildman–Crippen LogP) is 4.06. The summed E-state index contributed by atoms with van der Waals surface area (Å²) in [6, 6.07) is 13.1. The number of carbonyl (C=O) groups is 1. The molecule has 2 aromatic rings. The quantitative estimate of drug-likeness (QED) is 0.715. The number of rotatable bonds is 6. The number of pyridine rings is 1. The first-order valence-corrected chi connectivity index (χ1v) is 12.0. The van der Waals surface area contributed by atoms with Crippen molar-refractivity contribution in [1.29, 1.82) is 0 Å². The largest absolute Gasteiger partial charge is 0.313 e. The molecular formula is C26H35ClN4O. The minimum Gasteiger partial charge on any atom is -0.313 e. The molecule has 4 heterocycles. The van der Waals surface area contributed by atoms with E-state index in [1.807, 2.05) is 29.4 Å². The van der Waals surface area contributed by atoms with Crippen LogP contribution in [0.15, 0.2) is 48.8 Å². The summed E-state index contributed by atoms with van der Waals surface area (Å²) in [6.07, 6.45) is 10.0. The number of piperidine rings is 2. The van der Waals surface area contributed by atoms with Gasteiger partial charge < -0.3 is 10.2 Å². The molecular weight excluding hydrogens is 420 g/mol. The van der Waals surface area contributed by atoms with E-state index in [1.54, 1.807) is 0 Å². The Kier molecular flexibility index (Phi) is 7.82. The second-order valence-corrected chi connectivity index (χ2v) is 9.60. The van der Waals surface area contributed by atoms with E-state index >= 15 is 0 Å². The number of aromatic nitrogens is 1. The fraction of sp³-hybridized carbons (Fsp3) is 0.538. The number of likely N-dealkylation sites (tertiary alicyclic amines) is 1. The lowest BCUT2D eigenvalue weighted by atomic mass is 9.79. The highest BCUT2D eigenvalue weighted by Crippen LogP contribution is 2.32. The molecule has 1 amide bonds. The summed E-state index contributed by atoms with van der Waals surface area (Å²) in [5.41, 5.74) is 3.76. The lowest BCUT2D eigenvalue weighted by Gasteiger charge is -2.46. The Bertz CT molecular complexity index is 892. The number of nitrogens with one attached hydrogen (secondary N) is 1. The fourth-order valence-electron chi connectivity index (χ4n) is 5.89. The number of hydrogen-bond donors (Lipinski definition) is 1. The Labute approximate surface area is 198 Å². The van der Waals surface area contributed by atoms with Gasteiger partial charge >= 0.3 is 0 Å². The second-order valence-electron chi connectivity index (χ2n) is 9.60. The molecule has 32 heavy (non-hydrogen) atoms. The zero-order valence-corrected chi connectivity index (χ0v) is 19.6. The van der Waals surface area contributed by atoms with E-state index in [4.69, 9.17) is 0 Å². The lowest BCUT2D eigenvalue weighted by molar-refractivity contribution is -0.118. The number of fused-ring (bicyclic) bond motifs is 3. The molecule has 1 N–H and O–H groups in total. The van der Waals surface area contributed by atoms with Gasteiger partial charge in [-0.3, -0.25) is 14.7 Å². The third-order valence-corrected chi connectivity index (χ3v) is 7.33. The lowest BCUT2D eigenvalue weighted by Crippen LogP contribution is -2.55. The Hall–Kier alpha value is -1.95.